The molecule has 0 aliphatic heterocycles. The molecule has 0 fully saturated rings. The zero-order valence-corrected chi connectivity index (χ0v) is 19.5. The molecule has 4 atom stereocenters. The number of carbonyl (C=O) groups is 5. The van der Waals surface area contributed by atoms with E-state index in [0.29, 0.717) is 12.2 Å². The number of amides is 3. The van der Waals surface area contributed by atoms with Gasteiger partial charge in [0.2, 0.25) is 17.7 Å². The predicted molar refractivity (Wildman–Crippen MR) is 120 cm³/mol. The first-order chi connectivity index (χ1) is 14.4. The minimum absolute atomic E-state index is 0.0934. The standard InChI is InChI=1S/C18H32N4O7S2/c1-9(2)14(18(28)29)22-16(26)11(4-5-13(23)24)20-17(27)12(8-30)21-15(25)10(19)6-7-31-3/h9-12,14,30H,4-8,19H2,1-3H3,(H,20,27)(H,21,25)(H,22,26)(H,23,24)(H,28,29). The van der Waals surface area contributed by atoms with Crippen molar-refractivity contribution < 1.29 is 34.2 Å². The fraction of sp³-hybridized carbons (Fsp3) is 0.722. The lowest BCUT2D eigenvalue weighted by molar-refractivity contribution is -0.144. The molecule has 13 heteroatoms. The molecule has 178 valence electrons. The Labute approximate surface area is 191 Å². The van der Waals surface area contributed by atoms with Crippen LogP contribution in [-0.2, 0) is 24.0 Å². The van der Waals surface area contributed by atoms with Gasteiger partial charge in [0.05, 0.1) is 6.04 Å². The Morgan fingerprint density at radius 3 is 1.94 bits per heavy atom. The van der Waals surface area contributed by atoms with Gasteiger partial charge < -0.3 is 31.9 Å². The highest BCUT2D eigenvalue weighted by Gasteiger charge is 2.31. The summed E-state index contributed by atoms with van der Waals surface area (Å²) in [6, 6.07) is -4.46. The van der Waals surface area contributed by atoms with E-state index in [1.165, 1.54) is 11.8 Å². The van der Waals surface area contributed by atoms with E-state index < -0.39 is 66.2 Å². The van der Waals surface area contributed by atoms with Crippen LogP contribution in [0.3, 0.4) is 0 Å². The summed E-state index contributed by atoms with van der Waals surface area (Å²) in [5.41, 5.74) is 5.78. The Kier molecular flexibility index (Phi) is 14.0. The van der Waals surface area contributed by atoms with Crippen molar-refractivity contribution in [1.29, 1.82) is 0 Å². The Morgan fingerprint density at radius 1 is 0.935 bits per heavy atom. The first-order valence-electron chi connectivity index (χ1n) is 9.65. The molecule has 0 rings (SSSR count). The van der Waals surface area contributed by atoms with Crippen LogP contribution in [0, 0.1) is 5.92 Å². The predicted octanol–water partition coefficient (Wildman–Crippen LogP) is -0.944. The van der Waals surface area contributed by atoms with Crippen LogP contribution in [0.25, 0.3) is 0 Å². The molecule has 0 aliphatic carbocycles. The first-order valence-corrected chi connectivity index (χ1v) is 11.7. The lowest BCUT2D eigenvalue weighted by Gasteiger charge is -2.25. The molecule has 0 saturated heterocycles. The molecule has 0 aromatic rings. The van der Waals surface area contributed by atoms with E-state index >= 15 is 0 Å². The van der Waals surface area contributed by atoms with Crippen molar-refractivity contribution in [3.63, 3.8) is 0 Å². The Bertz CT molecular complexity index is 648. The molecular weight excluding hydrogens is 448 g/mol. The van der Waals surface area contributed by atoms with Crippen LogP contribution >= 0.6 is 24.4 Å². The Morgan fingerprint density at radius 2 is 1.48 bits per heavy atom. The van der Waals surface area contributed by atoms with Crippen molar-refractivity contribution in [1.82, 2.24) is 16.0 Å². The molecule has 7 N–H and O–H groups in total. The van der Waals surface area contributed by atoms with Crippen molar-refractivity contribution in [3.8, 4) is 0 Å². The summed E-state index contributed by atoms with van der Waals surface area (Å²) in [7, 11) is 0. The van der Waals surface area contributed by atoms with Crippen LogP contribution in [-0.4, -0.2) is 81.8 Å². The molecule has 3 amide bonds. The highest BCUT2D eigenvalue weighted by molar-refractivity contribution is 7.98. The first kappa shape index (κ1) is 29.0. The number of nitrogens with two attached hydrogens (primary N) is 1. The van der Waals surface area contributed by atoms with E-state index in [9.17, 15) is 29.1 Å². The van der Waals surface area contributed by atoms with Gasteiger partial charge in [-0.3, -0.25) is 19.2 Å². The van der Waals surface area contributed by atoms with Gasteiger partial charge in [0.1, 0.15) is 18.1 Å². The van der Waals surface area contributed by atoms with Crippen molar-refractivity contribution >= 4 is 54.1 Å². The highest BCUT2D eigenvalue weighted by Crippen LogP contribution is 2.06. The summed E-state index contributed by atoms with van der Waals surface area (Å²) in [6.45, 7) is 3.19. The van der Waals surface area contributed by atoms with Gasteiger partial charge in [-0.1, -0.05) is 13.8 Å². The van der Waals surface area contributed by atoms with Gasteiger partial charge in [-0.15, -0.1) is 0 Å². The molecule has 0 saturated carbocycles. The number of carbonyl (C=O) groups excluding carboxylic acids is 3. The highest BCUT2D eigenvalue weighted by atomic mass is 32.2. The van der Waals surface area contributed by atoms with Crippen LogP contribution in [0.4, 0.5) is 0 Å². The minimum atomic E-state index is -1.31. The summed E-state index contributed by atoms with van der Waals surface area (Å²) in [6.07, 6.45) is 1.57. The van der Waals surface area contributed by atoms with Crippen molar-refractivity contribution in [2.75, 3.05) is 17.8 Å². The molecule has 0 bridgehead atoms. The lowest BCUT2D eigenvalue weighted by Crippen LogP contribution is -2.58. The minimum Gasteiger partial charge on any atom is -0.481 e. The second-order valence-corrected chi connectivity index (χ2v) is 8.54. The quantitative estimate of drug-likeness (QED) is 0.145. The van der Waals surface area contributed by atoms with E-state index in [4.69, 9.17) is 10.8 Å². The maximum absolute atomic E-state index is 12.6. The summed E-state index contributed by atoms with van der Waals surface area (Å²) >= 11 is 5.56. The maximum atomic E-state index is 12.6. The zero-order valence-electron chi connectivity index (χ0n) is 17.8. The average molecular weight is 481 g/mol. The van der Waals surface area contributed by atoms with E-state index in [1.54, 1.807) is 13.8 Å². The molecular formula is C18H32N4O7S2. The second-order valence-electron chi connectivity index (χ2n) is 7.19. The summed E-state index contributed by atoms with van der Waals surface area (Å²) in [5, 5.41) is 25.3. The number of carboxylic acids is 2. The number of carboxylic acid groups (broad SMARTS) is 2. The number of nitrogens with one attached hydrogen (secondary N) is 3. The largest absolute Gasteiger partial charge is 0.481 e. The number of aliphatic carboxylic acids is 2. The van der Waals surface area contributed by atoms with E-state index in [2.05, 4.69) is 28.6 Å². The van der Waals surface area contributed by atoms with Gasteiger partial charge in [-0.2, -0.15) is 24.4 Å². The van der Waals surface area contributed by atoms with E-state index in [1.807, 2.05) is 6.26 Å². The van der Waals surface area contributed by atoms with Gasteiger partial charge in [-0.05, 0) is 30.8 Å². The van der Waals surface area contributed by atoms with E-state index in [0.717, 1.165) is 0 Å². The molecule has 0 spiro atoms. The summed E-state index contributed by atoms with van der Waals surface area (Å²) in [4.78, 5) is 59.6. The lowest BCUT2D eigenvalue weighted by atomic mass is 10.0. The third-order valence-electron chi connectivity index (χ3n) is 4.30. The normalized spacial score (nSPS) is 14.8. The molecule has 0 aromatic carbocycles. The van der Waals surface area contributed by atoms with Crippen molar-refractivity contribution in [3.05, 3.63) is 0 Å². The van der Waals surface area contributed by atoms with Crippen LogP contribution in [0.5, 0.6) is 0 Å². The topological polar surface area (TPSA) is 188 Å². The van der Waals surface area contributed by atoms with Gasteiger partial charge in [0.25, 0.3) is 0 Å². The number of hydrogen-bond acceptors (Lipinski definition) is 8. The monoisotopic (exact) mass is 480 g/mol. The average Bonchev–Trinajstić information content (AvgIpc) is 2.69. The zero-order chi connectivity index (χ0) is 24.1. The molecule has 0 radical (unpaired) electrons. The van der Waals surface area contributed by atoms with Crippen LogP contribution in [0.2, 0.25) is 0 Å². The van der Waals surface area contributed by atoms with Gasteiger partial charge in [-0.25, -0.2) is 4.79 Å². The molecule has 0 aromatic heterocycles. The molecule has 11 nitrogen and oxygen atoms in total. The van der Waals surface area contributed by atoms with Crippen LogP contribution in [0.15, 0.2) is 0 Å². The molecule has 0 aliphatic rings. The third-order valence-corrected chi connectivity index (χ3v) is 5.30. The number of thiol groups is 1. The molecule has 0 heterocycles. The smallest absolute Gasteiger partial charge is 0.326 e. The fourth-order valence-corrected chi connectivity index (χ4v) is 3.17. The maximum Gasteiger partial charge on any atom is 0.326 e. The van der Waals surface area contributed by atoms with Crippen LogP contribution < -0.4 is 21.7 Å². The van der Waals surface area contributed by atoms with Gasteiger partial charge >= 0.3 is 11.9 Å². The van der Waals surface area contributed by atoms with Crippen molar-refractivity contribution in [2.45, 2.75) is 57.3 Å². The number of thioether (sulfide) groups is 1. The number of rotatable bonds is 15. The van der Waals surface area contributed by atoms with Crippen LogP contribution in [0.1, 0.15) is 33.1 Å². The number of hydrogen-bond donors (Lipinski definition) is 7. The fourth-order valence-electron chi connectivity index (χ4n) is 2.43. The molecule has 4 unspecified atom stereocenters. The Balaban J connectivity index is 5.27. The van der Waals surface area contributed by atoms with Gasteiger partial charge in [0.15, 0.2) is 0 Å². The van der Waals surface area contributed by atoms with Crippen molar-refractivity contribution in [2.24, 2.45) is 11.7 Å². The Hall–Kier alpha value is -1.99. The SMILES string of the molecule is CSCCC(N)C(=O)NC(CS)C(=O)NC(CCC(=O)O)C(=O)NC(C(=O)O)C(C)C. The summed E-state index contributed by atoms with van der Waals surface area (Å²) in [5.74, 6) is -4.48. The second kappa shape index (κ2) is 14.9. The van der Waals surface area contributed by atoms with Gasteiger partial charge in [0, 0.05) is 12.2 Å². The van der Waals surface area contributed by atoms with E-state index in [-0.39, 0.29) is 12.2 Å². The molecule has 31 heavy (non-hydrogen) atoms. The third kappa shape index (κ3) is 11.3. The summed E-state index contributed by atoms with van der Waals surface area (Å²) < 4.78 is 0.